The van der Waals surface area contributed by atoms with Gasteiger partial charge in [-0.15, -0.1) is 0 Å². The molecule has 0 radical (unpaired) electrons. The van der Waals surface area contributed by atoms with E-state index in [1.54, 1.807) is 0 Å². The Hall–Kier alpha value is -2.02. The first-order valence-corrected chi connectivity index (χ1v) is 7.73. The summed E-state index contributed by atoms with van der Waals surface area (Å²) in [5, 5.41) is 20.2. The minimum atomic E-state index is -1.23. The average Bonchev–Trinajstić information content (AvgIpc) is 2.58. The van der Waals surface area contributed by atoms with Gasteiger partial charge in [0.2, 0.25) is 0 Å². The fraction of sp³-hybridized carbons (Fsp3) is 0.529. The van der Waals surface area contributed by atoms with E-state index in [0.29, 0.717) is 12.8 Å². The monoisotopic (exact) mass is 418 g/mol. The smallest absolute Gasteiger partial charge is 0.550 e. The maximum atomic E-state index is 11.9. The number of esters is 2. The molecular formula is C17H22O8Zn. The van der Waals surface area contributed by atoms with Crippen LogP contribution in [0.15, 0.2) is 25.3 Å². The number of hydrogen-bond acceptors (Lipinski definition) is 8. The number of carbonyl (C=O) groups is 4. The molecule has 1 fully saturated rings. The van der Waals surface area contributed by atoms with Gasteiger partial charge >= 0.3 is 31.4 Å². The maximum absolute atomic E-state index is 11.9. The summed E-state index contributed by atoms with van der Waals surface area (Å²) in [6.07, 6.45) is 3.42. The van der Waals surface area contributed by atoms with E-state index in [4.69, 9.17) is 14.6 Å². The van der Waals surface area contributed by atoms with Gasteiger partial charge < -0.3 is 29.3 Å². The zero-order valence-electron chi connectivity index (χ0n) is 14.8. The van der Waals surface area contributed by atoms with Crippen molar-refractivity contribution in [2.24, 2.45) is 17.8 Å². The molecule has 0 saturated heterocycles. The molecule has 140 valence electrons. The Morgan fingerprint density at radius 3 is 2.00 bits per heavy atom. The zero-order valence-corrected chi connectivity index (χ0v) is 17.8. The second kappa shape index (κ2) is 14.2. The molecular weight excluding hydrogens is 398 g/mol. The third-order valence-corrected chi connectivity index (χ3v) is 3.62. The summed E-state index contributed by atoms with van der Waals surface area (Å²) in [5.41, 5.74) is 0. The molecule has 3 atom stereocenters. The van der Waals surface area contributed by atoms with Crippen molar-refractivity contribution in [3.63, 3.8) is 0 Å². The molecule has 0 spiro atoms. The van der Waals surface area contributed by atoms with Gasteiger partial charge in [-0.1, -0.05) is 20.1 Å². The molecule has 0 aromatic carbocycles. The van der Waals surface area contributed by atoms with Crippen molar-refractivity contribution in [2.75, 3.05) is 13.2 Å². The normalized spacial score (nSPS) is 20.9. The molecule has 26 heavy (non-hydrogen) atoms. The predicted molar refractivity (Wildman–Crippen MR) is 82.3 cm³/mol. The van der Waals surface area contributed by atoms with Crippen LogP contribution < -0.4 is 10.2 Å². The first kappa shape index (κ1) is 26.2. The van der Waals surface area contributed by atoms with E-state index in [9.17, 15) is 19.5 Å². The Morgan fingerprint density at radius 1 is 1.00 bits per heavy atom. The molecule has 0 aliphatic heterocycles. The average molecular weight is 420 g/mol. The number of aliphatic carboxylic acids is 2. The SMILES string of the molecule is C=CC(=O)OCCOC(=O)C1CCC(C)CC1C(=O)[O-].C=CC(=O)[O-].[Zn+2]. The van der Waals surface area contributed by atoms with Crippen LogP contribution in [0.5, 0.6) is 0 Å². The van der Waals surface area contributed by atoms with E-state index in [0.717, 1.165) is 18.6 Å². The Labute approximate surface area is 165 Å². The standard InChI is InChI=1S/C14H20O6.C3H4O2.Zn/c1-3-12(15)19-6-7-20-14(18)10-5-4-9(2)8-11(10)13(16)17;1-2-3(4)5;/h3,9-11H,1,4-8H2,2H3,(H,16,17);2H,1H2,(H,4,5);/q;;+2/p-2. The third kappa shape index (κ3) is 10.8. The van der Waals surface area contributed by atoms with Crippen molar-refractivity contribution >= 4 is 23.9 Å². The first-order valence-electron chi connectivity index (χ1n) is 7.73. The molecule has 9 heteroatoms. The first-order chi connectivity index (χ1) is 11.7. The summed E-state index contributed by atoms with van der Waals surface area (Å²) in [5.74, 6) is -4.83. The van der Waals surface area contributed by atoms with Crippen molar-refractivity contribution < 1.29 is 58.3 Å². The summed E-state index contributed by atoms with van der Waals surface area (Å²) in [6, 6.07) is 0. The van der Waals surface area contributed by atoms with Gasteiger partial charge in [0.05, 0.1) is 11.9 Å². The van der Waals surface area contributed by atoms with Gasteiger partial charge in [-0.3, -0.25) is 4.79 Å². The number of hydrogen-bond donors (Lipinski definition) is 0. The van der Waals surface area contributed by atoms with E-state index in [1.807, 2.05) is 6.92 Å². The molecule has 3 unspecified atom stereocenters. The van der Waals surface area contributed by atoms with E-state index in [-0.39, 0.29) is 38.6 Å². The van der Waals surface area contributed by atoms with Gasteiger partial charge in [-0.05, 0) is 31.3 Å². The minimum absolute atomic E-state index is 0. The molecule has 0 amide bonds. The van der Waals surface area contributed by atoms with Crippen LogP contribution >= 0.6 is 0 Å². The van der Waals surface area contributed by atoms with Crippen molar-refractivity contribution in [1.29, 1.82) is 0 Å². The molecule has 0 N–H and O–H groups in total. The fourth-order valence-electron chi connectivity index (χ4n) is 2.37. The maximum Gasteiger partial charge on any atom is 2.00 e. The van der Waals surface area contributed by atoms with E-state index < -0.39 is 35.7 Å². The van der Waals surface area contributed by atoms with Crippen molar-refractivity contribution in [1.82, 2.24) is 0 Å². The molecule has 8 nitrogen and oxygen atoms in total. The van der Waals surface area contributed by atoms with Gasteiger partial charge in [0.1, 0.15) is 13.2 Å². The molecule has 0 aromatic rings. The van der Waals surface area contributed by atoms with Crippen molar-refractivity contribution in [3.05, 3.63) is 25.3 Å². The van der Waals surface area contributed by atoms with Gasteiger partial charge in [-0.2, -0.15) is 0 Å². The molecule has 1 aliphatic rings. The number of carboxylic acid groups (broad SMARTS) is 2. The van der Waals surface area contributed by atoms with Gasteiger partial charge in [0, 0.05) is 18.0 Å². The Kier molecular flexibility index (Phi) is 14.3. The molecule has 0 aromatic heterocycles. The quantitative estimate of drug-likeness (QED) is 0.222. The van der Waals surface area contributed by atoms with Crippen LogP contribution in [0.1, 0.15) is 26.2 Å². The van der Waals surface area contributed by atoms with Crippen LogP contribution in [-0.2, 0) is 48.1 Å². The van der Waals surface area contributed by atoms with Crippen LogP contribution in [0.2, 0.25) is 0 Å². The number of carboxylic acids is 2. The summed E-state index contributed by atoms with van der Waals surface area (Å²) >= 11 is 0. The van der Waals surface area contributed by atoms with Gasteiger partial charge in [-0.25, -0.2) is 4.79 Å². The molecule has 1 saturated carbocycles. The van der Waals surface area contributed by atoms with Gasteiger partial charge in [0.25, 0.3) is 0 Å². The fourth-order valence-corrected chi connectivity index (χ4v) is 2.37. The third-order valence-electron chi connectivity index (χ3n) is 3.62. The van der Waals surface area contributed by atoms with E-state index in [2.05, 4.69) is 17.9 Å². The predicted octanol–water partition coefficient (Wildman–Crippen LogP) is -1.02. The Bertz CT molecular complexity index is 517. The largest absolute Gasteiger partial charge is 2.00 e. The van der Waals surface area contributed by atoms with E-state index in [1.165, 1.54) is 0 Å². The van der Waals surface area contributed by atoms with Crippen LogP contribution in [0.4, 0.5) is 0 Å². The van der Waals surface area contributed by atoms with Crippen LogP contribution in [0, 0.1) is 17.8 Å². The summed E-state index contributed by atoms with van der Waals surface area (Å²) in [4.78, 5) is 42.8. The summed E-state index contributed by atoms with van der Waals surface area (Å²) < 4.78 is 9.61. The number of rotatable bonds is 7. The number of carbonyl (C=O) groups excluding carboxylic acids is 4. The second-order valence-electron chi connectivity index (χ2n) is 5.51. The van der Waals surface area contributed by atoms with Crippen molar-refractivity contribution in [2.45, 2.75) is 26.2 Å². The summed E-state index contributed by atoms with van der Waals surface area (Å²) in [6.45, 7) is 7.91. The molecule has 0 heterocycles. The number of ether oxygens (including phenoxy) is 2. The molecule has 0 bridgehead atoms. The Balaban J connectivity index is 0. The zero-order chi connectivity index (χ0) is 19.4. The minimum Gasteiger partial charge on any atom is -0.550 e. The van der Waals surface area contributed by atoms with Crippen LogP contribution in [0.3, 0.4) is 0 Å². The van der Waals surface area contributed by atoms with Crippen LogP contribution in [0.25, 0.3) is 0 Å². The topological polar surface area (TPSA) is 133 Å². The molecule has 1 aliphatic carbocycles. The summed E-state index contributed by atoms with van der Waals surface area (Å²) in [7, 11) is 0. The second-order valence-corrected chi connectivity index (χ2v) is 5.51. The van der Waals surface area contributed by atoms with Crippen molar-refractivity contribution in [3.8, 4) is 0 Å². The Morgan fingerprint density at radius 2 is 1.54 bits per heavy atom. The van der Waals surface area contributed by atoms with E-state index >= 15 is 0 Å². The molecule has 1 rings (SSSR count). The van der Waals surface area contributed by atoms with Crippen LogP contribution in [-0.4, -0.2) is 37.1 Å². The van der Waals surface area contributed by atoms with Gasteiger partial charge in [0.15, 0.2) is 0 Å².